The summed E-state index contributed by atoms with van der Waals surface area (Å²) in [6.45, 7) is 0. The maximum atomic E-state index is 13.6. The minimum atomic E-state index is -4.08. The summed E-state index contributed by atoms with van der Waals surface area (Å²) in [4.78, 5) is -0.0612. The van der Waals surface area contributed by atoms with Gasteiger partial charge in [-0.25, -0.2) is 17.2 Å². The zero-order valence-corrected chi connectivity index (χ0v) is 12.1. The molecule has 0 aliphatic rings. The first-order valence-corrected chi connectivity index (χ1v) is 7.91. The maximum absolute atomic E-state index is 13.6. The van der Waals surface area contributed by atoms with Crippen molar-refractivity contribution in [3.63, 3.8) is 0 Å². The van der Waals surface area contributed by atoms with Crippen LogP contribution in [0.1, 0.15) is 0 Å². The molecule has 6 heteroatoms. The Bertz CT molecular complexity index is 935. The number of nitrogens with one attached hydrogen (secondary N) is 1. The summed E-state index contributed by atoms with van der Waals surface area (Å²) in [6.07, 6.45) is 0. The number of sulfonamides is 1. The van der Waals surface area contributed by atoms with E-state index in [9.17, 15) is 17.2 Å². The van der Waals surface area contributed by atoms with Crippen LogP contribution in [0, 0.1) is 11.6 Å². The van der Waals surface area contributed by atoms with Crippen LogP contribution in [0.5, 0.6) is 0 Å². The van der Waals surface area contributed by atoms with Gasteiger partial charge >= 0.3 is 0 Å². The first kappa shape index (κ1) is 14.5. The molecule has 3 aromatic carbocycles. The van der Waals surface area contributed by atoms with Gasteiger partial charge in [-0.3, -0.25) is 4.72 Å². The topological polar surface area (TPSA) is 46.2 Å². The van der Waals surface area contributed by atoms with Crippen LogP contribution in [-0.4, -0.2) is 8.42 Å². The Kier molecular flexibility index (Phi) is 3.54. The zero-order chi connectivity index (χ0) is 15.7. The van der Waals surface area contributed by atoms with Gasteiger partial charge in [0.05, 0.1) is 4.90 Å². The van der Waals surface area contributed by atoms with Crippen molar-refractivity contribution in [3.05, 3.63) is 72.3 Å². The van der Waals surface area contributed by atoms with E-state index in [4.69, 9.17) is 0 Å². The number of anilines is 1. The Morgan fingerprint density at radius 3 is 2.09 bits per heavy atom. The van der Waals surface area contributed by atoms with E-state index in [1.54, 1.807) is 18.2 Å². The molecule has 0 bridgehead atoms. The molecule has 112 valence electrons. The Balaban J connectivity index is 2.05. The molecule has 0 aliphatic carbocycles. The third kappa shape index (κ3) is 2.65. The summed E-state index contributed by atoms with van der Waals surface area (Å²) in [5, 5.41) is 1.60. The van der Waals surface area contributed by atoms with E-state index < -0.39 is 27.3 Å². The van der Waals surface area contributed by atoms with Crippen LogP contribution in [-0.2, 0) is 10.0 Å². The number of rotatable bonds is 3. The fourth-order valence-electron chi connectivity index (χ4n) is 2.12. The quantitative estimate of drug-likeness (QED) is 0.795. The lowest BCUT2D eigenvalue weighted by Gasteiger charge is -2.10. The number of benzene rings is 3. The van der Waals surface area contributed by atoms with Crippen molar-refractivity contribution in [3.8, 4) is 0 Å². The van der Waals surface area contributed by atoms with Gasteiger partial charge in [0.1, 0.15) is 17.3 Å². The fourth-order valence-corrected chi connectivity index (χ4v) is 3.23. The summed E-state index contributed by atoms with van der Waals surface area (Å²) in [5.74, 6) is -1.94. The molecule has 0 spiro atoms. The average Bonchev–Trinajstić information content (AvgIpc) is 2.50. The Hall–Kier alpha value is -2.47. The van der Waals surface area contributed by atoms with E-state index in [0.29, 0.717) is 0 Å². The molecule has 3 aromatic rings. The summed E-state index contributed by atoms with van der Waals surface area (Å²) < 4.78 is 53.7. The maximum Gasteiger partial charge on any atom is 0.262 e. The highest BCUT2D eigenvalue weighted by Gasteiger charge is 2.19. The Morgan fingerprint density at radius 2 is 1.41 bits per heavy atom. The minimum Gasteiger partial charge on any atom is -0.274 e. The summed E-state index contributed by atoms with van der Waals surface area (Å²) in [6, 6.07) is 14.8. The predicted molar refractivity (Wildman–Crippen MR) is 81.1 cm³/mol. The second-order valence-electron chi connectivity index (χ2n) is 4.71. The van der Waals surface area contributed by atoms with Crippen LogP contribution in [0.3, 0.4) is 0 Å². The standard InChI is InChI=1S/C16H11F2NO2S/c17-14-6-3-7-15(18)16(14)19-22(20,21)13-9-8-11-4-1-2-5-12(11)10-13/h1-10,19H. The van der Waals surface area contributed by atoms with Gasteiger partial charge in [0, 0.05) is 0 Å². The molecule has 0 saturated carbocycles. The van der Waals surface area contributed by atoms with Crippen LogP contribution < -0.4 is 4.72 Å². The van der Waals surface area contributed by atoms with Gasteiger partial charge in [-0.1, -0.05) is 36.4 Å². The van der Waals surface area contributed by atoms with Crippen molar-refractivity contribution in [2.75, 3.05) is 4.72 Å². The van der Waals surface area contributed by atoms with Gasteiger partial charge in [0.15, 0.2) is 0 Å². The van der Waals surface area contributed by atoms with Crippen molar-refractivity contribution < 1.29 is 17.2 Å². The van der Waals surface area contributed by atoms with Crippen LogP contribution in [0.4, 0.5) is 14.5 Å². The highest BCUT2D eigenvalue weighted by Crippen LogP contribution is 2.24. The molecule has 0 radical (unpaired) electrons. The Labute approximate surface area is 126 Å². The molecule has 3 rings (SSSR count). The van der Waals surface area contributed by atoms with Crippen LogP contribution in [0.15, 0.2) is 65.6 Å². The van der Waals surface area contributed by atoms with Crippen LogP contribution in [0.2, 0.25) is 0 Å². The second kappa shape index (κ2) is 5.38. The molecule has 0 saturated heterocycles. The van der Waals surface area contributed by atoms with Gasteiger partial charge < -0.3 is 0 Å². The molecule has 1 N–H and O–H groups in total. The van der Waals surface area contributed by atoms with Crippen LogP contribution in [0.25, 0.3) is 10.8 Å². The van der Waals surface area contributed by atoms with Crippen molar-refractivity contribution in [2.45, 2.75) is 4.90 Å². The molecular formula is C16H11F2NO2S. The van der Waals surface area contributed by atoms with Crippen molar-refractivity contribution in [1.29, 1.82) is 0 Å². The molecule has 0 aromatic heterocycles. The monoisotopic (exact) mass is 319 g/mol. The summed E-state index contributed by atoms with van der Waals surface area (Å²) >= 11 is 0. The average molecular weight is 319 g/mol. The summed E-state index contributed by atoms with van der Waals surface area (Å²) in [7, 11) is -4.08. The lowest BCUT2D eigenvalue weighted by atomic mass is 10.1. The highest BCUT2D eigenvalue weighted by molar-refractivity contribution is 7.92. The third-order valence-corrected chi connectivity index (χ3v) is 4.58. The molecule has 22 heavy (non-hydrogen) atoms. The van der Waals surface area contributed by atoms with Gasteiger partial charge in [-0.2, -0.15) is 0 Å². The van der Waals surface area contributed by atoms with Gasteiger partial charge in [-0.05, 0) is 35.0 Å². The van der Waals surface area contributed by atoms with Gasteiger partial charge in [-0.15, -0.1) is 0 Å². The first-order valence-electron chi connectivity index (χ1n) is 6.43. The molecule has 0 fully saturated rings. The first-order chi connectivity index (χ1) is 10.5. The number of fused-ring (bicyclic) bond motifs is 1. The van der Waals surface area contributed by atoms with E-state index in [2.05, 4.69) is 0 Å². The molecule has 0 heterocycles. The number of hydrogen-bond donors (Lipinski definition) is 1. The zero-order valence-electron chi connectivity index (χ0n) is 11.3. The van der Waals surface area contributed by atoms with E-state index in [1.165, 1.54) is 18.2 Å². The lowest BCUT2D eigenvalue weighted by Crippen LogP contribution is -2.15. The van der Waals surface area contributed by atoms with E-state index in [-0.39, 0.29) is 4.90 Å². The minimum absolute atomic E-state index is 0.0612. The Morgan fingerprint density at radius 1 is 0.773 bits per heavy atom. The van der Waals surface area contributed by atoms with Crippen molar-refractivity contribution in [1.82, 2.24) is 0 Å². The molecule has 0 unspecified atom stereocenters. The largest absolute Gasteiger partial charge is 0.274 e. The third-order valence-electron chi connectivity index (χ3n) is 3.23. The highest BCUT2D eigenvalue weighted by atomic mass is 32.2. The molecular weight excluding hydrogens is 308 g/mol. The second-order valence-corrected chi connectivity index (χ2v) is 6.39. The van der Waals surface area contributed by atoms with Crippen molar-refractivity contribution in [2.24, 2.45) is 0 Å². The normalized spacial score (nSPS) is 11.5. The predicted octanol–water partition coefficient (Wildman–Crippen LogP) is 3.92. The lowest BCUT2D eigenvalue weighted by molar-refractivity contribution is 0.583. The van der Waals surface area contributed by atoms with E-state index >= 15 is 0 Å². The smallest absolute Gasteiger partial charge is 0.262 e. The molecule has 0 atom stereocenters. The van der Waals surface area contributed by atoms with Crippen molar-refractivity contribution >= 4 is 26.5 Å². The SMILES string of the molecule is O=S(=O)(Nc1c(F)cccc1F)c1ccc2ccccc2c1. The number of halogens is 2. The number of para-hydroxylation sites is 1. The van der Waals surface area contributed by atoms with Crippen LogP contribution >= 0.6 is 0 Å². The molecule has 0 amide bonds. The molecule has 3 nitrogen and oxygen atoms in total. The van der Waals surface area contributed by atoms with Gasteiger partial charge in [0.2, 0.25) is 0 Å². The summed E-state index contributed by atoms with van der Waals surface area (Å²) in [5.41, 5.74) is -0.685. The fraction of sp³-hybridized carbons (Fsp3) is 0. The molecule has 0 aliphatic heterocycles. The van der Waals surface area contributed by atoms with E-state index in [0.717, 1.165) is 22.9 Å². The van der Waals surface area contributed by atoms with E-state index in [1.807, 2.05) is 16.9 Å². The number of hydrogen-bond acceptors (Lipinski definition) is 2. The van der Waals surface area contributed by atoms with Gasteiger partial charge in [0.25, 0.3) is 10.0 Å².